The van der Waals surface area contributed by atoms with Gasteiger partial charge in [0.2, 0.25) is 0 Å². The van der Waals surface area contributed by atoms with Crippen molar-refractivity contribution in [1.29, 1.82) is 0 Å². The maximum Gasteiger partial charge on any atom is 0.149 e. The van der Waals surface area contributed by atoms with Gasteiger partial charge in [0.25, 0.3) is 0 Å². The van der Waals surface area contributed by atoms with Crippen LogP contribution in [0.25, 0.3) is 10.9 Å². The monoisotopic (exact) mass is 153 g/mol. The largest absolute Gasteiger partial charge is 0.265 e. The molecule has 0 radical (unpaired) electrons. The summed E-state index contributed by atoms with van der Waals surface area (Å²) in [5.41, 5.74) is 0.0208. The van der Waals surface area contributed by atoms with Gasteiger partial charge in [0.1, 0.15) is 11.3 Å². The van der Waals surface area contributed by atoms with Crippen molar-refractivity contribution in [2.45, 2.75) is 0 Å². The first-order chi connectivity index (χ1) is 6.50. The van der Waals surface area contributed by atoms with E-state index in [1.165, 1.54) is 18.3 Å². The third-order valence-corrected chi connectivity index (χ3v) is 1.54. The summed E-state index contributed by atoms with van der Waals surface area (Å²) in [7, 11) is 0. The Morgan fingerprint density at radius 2 is 2.55 bits per heavy atom. The highest BCUT2D eigenvalue weighted by molar-refractivity contribution is 5.78. The van der Waals surface area contributed by atoms with Crippen LogP contribution in [0.2, 0.25) is 0 Å². The van der Waals surface area contributed by atoms with Crippen LogP contribution in [0.1, 0.15) is 4.11 Å². The van der Waals surface area contributed by atoms with Gasteiger partial charge in [0.15, 0.2) is 0 Å². The molecule has 2 nitrogen and oxygen atoms in total. The number of fused-ring (bicyclic) bond motifs is 1. The van der Waals surface area contributed by atoms with Crippen LogP contribution in [0.4, 0.5) is 4.39 Å². The molecule has 0 atom stereocenters. The lowest BCUT2D eigenvalue weighted by Gasteiger charge is -1.93. The van der Waals surface area contributed by atoms with Crippen LogP contribution >= 0.6 is 0 Å². The fourth-order valence-corrected chi connectivity index (χ4v) is 1.04. The van der Waals surface area contributed by atoms with E-state index in [2.05, 4.69) is 5.10 Å². The highest BCUT2D eigenvalue weighted by Gasteiger charge is 2.02. The lowest BCUT2D eigenvalue weighted by molar-refractivity contribution is 0.625. The molecule has 0 unspecified atom stereocenters. The summed E-state index contributed by atoms with van der Waals surface area (Å²) in [6, 6.07) is 4.35. The Labute approximate surface area is 67.5 Å². The van der Waals surface area contributed by atoms with Gasteiger partial charge in [0, 0.05) is 16.5 Å². The number of aromatic nitrogens is 2. The van der Waals surface area contributed by atoms with Gasteiger partial charge in [-0.1, -0.05) is 12.1 Å². The van der Waals surface area contributed by atoms with E-state index in [4.69, 9.17) is 4.11 Å². The van der Waals surface area contributed by atoms with E-state index >= 15 is 0 Å². The number of hydrogen-bond donors (Lipinski definition) is 0. The molecule has 0 amide bonds. The third kappa shape index (κ3) is 0.808. The van der Waals surface area contributed by atoms with E-state index < -0.39 is 12.8 Å². The zero-order valence-electron chi connectivity index (χ0n) is 8.58. The summed E-state index contributed by atoms with van der Waals surface area (Å²) in [5, 5.41) is 4.13. The Balaban J connectivity index is 2.80. The Morgan fingerprint density at radius 1 is 1.64 bits per heavy atom. The molecule has 0 spiro atoms. The normalized spacial score (nSPS) is 15.9. The van der Waals surface area contributed by atoms with E-state index in [-0.39, 0.29) is 5.52 Å². The van der Waals surface area contributed by atoms with Crippen molar-refractivity contribution in [2.24, 2.45) is 6.98 Å². The predicted molar refractivity (Wildman–Crippen MR) is 40.7 cm³/mol. The molecule has 0 N–H and O–H groups in total. The molecule has 0 fully saturated rings. The molecule has 11 heavy (non-hydrogen) atoms. The number of aryl methyl sites for hydroxylation is 1. The maximum atomic E-state index is 13.3. The van der Waals surface area contributed by atoms with Crippen molar-refractivity contribution in [3.63, 3.8) is 0 Å². The lowest BCUT2D eigenvalue weighted by Crippen LogP contribution is -1.90. The van der Waals surface area contributed by atoms with Crippen molar-refractivity contribution in [1.82, 2.24) is 9.78 Å². The van der Waals surface area contributed by atoms with Crippen molar-refractivity contribution in [3.05, 3.63) is 30.2 Å². The zero-order chi connectivity index (χ0) is 10.3. The van der Waals surface area contributed by atoms with Crippen molar-refractivity contribution >= 4 is 10.9 Å². The second-order valence-electron chi connectivity index (χ2n) is 2.23. The van der Waals surface area contributed by atoms with Gasteiger partial charge in [-0.25, -0.2) is 4.39 Å². The molecule has 0 aliphatic heterocycles. The van der Waals surface area contributed by atoms with Crippen LogP contribution in [0.3, 0.4) is 0 Å². The van der Waals surface area contributed by atoms with Gasteiger partial charge in [0.05, 0.1) is 6.20 Å². The van der Waals surface area contributed by atoms with E-state index in [9.17, 15) is 4.39 Å². The van der Waals surface area contributed by atoms with Gasteiger partial charge < -0.3 is 0 Å². The molecule has 1 heterocycles. The molecule has 1 aromatic heterocycles. The first-order valence-electron chi connectivity index (χ1n) is 4.63. The van der Waals surface area contributed by atoms with Crippen LogP contribution < -0.4 is 0 Å². The van der Waals surface area contributed by atoms with Gasteiger partial charge in [-0.15, -0.1) is 0 Å². The van der Waals surface area contributed by atoms with Crippen LogP contribution in [-0.4, -0.2) is 9.78 Å². The van der Waals surface area contributed by atoms with Crippen molar-refractivity contribution < 1.29 is 8.50 Å². The highest BCUT2D eigenvalue weighted by Crippen LogP contribution is 2.15. The van der Waals surface area contributed by atoms with Crippen molar-refractivity contribution in [3.8, 4) is 0 Å². The molecule has 0 aliphatic carbocycles. The smallest absolute Gasteiger partial charge is 0.149 e. The number of rotatable bonds is 0. The zero-order valence-corrected chi connectivity index (χ0v) is 5.58. The topological polar surface area (TPSA) is 17.8 Å². The Bertz CT molecular complexity index is 475. The van der Waals surface area contributed by atoms with Gasteiger partial charge >= 0.3 is 0 Å². The standard InChI is InChI=1S/C8H7FN2/c1-11-8-6(5-10-11)3-2-4-7(8)9/h2-5H,1H3/i1D3. The molecule has 0 saturated carbocycles. The minimum Gasteiger partial charge on any atom is -0.265 e. The van der Waals surface area contributed by atoms with E-state index in [1.54, 1.807) is 6.07 Å². The van der Waals surface area contributed by atoms with Crippen LogP contribution in [0.5, 0.6) is 0 Å². The average molecular weight is 153 g/mol. The number of benzene rings is 1. The van der Waals surface area contributed by atoms with Gasteiger partial charge in [-0.2, -0.15) is 5.10 Å². The van der Waals surface area contributed by atoms with E-state index in [1.807, 2.05) is 0 Å². The summed E-state index contributed by atoms with van der Waals surface area (Å²) >= 11 is 0. The molecule has 0 aliphatic rings. The molecular formula is C8H7FN2. The summed E-state index contributed by atoms with van der Waals surface area (Å²) in [6.07, 6.45) is 1.34. The molecular weight excluding hydrogens is 143 g/mol. The van der Waals surface area contributed by atoms with Crippen LogP contribution in [0.15, 0.2) is 24.4 Å². The second-order valence-corrected chi connectivity index (χ2v) is 2.23. The summed E-state index contributed by atoms with van der Waals surface area (Å²) in [4.78, 5) is 0. The average Bonchev–Trinajstić information content (AvgIpc) is 2.47. The molecule has 3 heteroatoms. The maximum absolute atomic E-state index is 13.3. The number of halogens is 1. The van der Waals surface area contributed by atoms with Crippen LogP contribution in [0, 0.1) is 5.82 Å². The fourth-order valence-electron chi connectivity index (χ4n) is 1.04. The Morgan fingerprint density at radius 3 is 3.36 bits per heavy atom. The number of hydrogen-bond acceptors (Lipinski definition) is 1. The van der Waals surface area contributed by atoms with Gasteiger partial charge in [-0.3, -0.25) is 4.68 Å². The first kappa shape index (κ1) is 3.85. The quantitative estimate of drug-likeness (QED) is 0.563. The number of para-hydroxylation sites is 1. The Hall–Kier alpha value is -1.38. The van der Waals surface area contributed by atoms with E-state index in [0.717, 1.165) is 4.68 Å². The molecule has 2 rings (SSSR count). The molecule has 0 saturated heterocycles. The highest BCUT2D eigenvalue weighted by atomic mass is 19.1. The fraction of sp³-hybridized carbons (Fsp3) is 0.125. The van der Waals surface area contributed by atoms with Crippen LogP contribution in [-0.2, 0) is 6.98 Å². The molecule has 2 aromatic rings. The second kappa shape index (κ2) is 2.05. The summed E-state index contributed by atoms with van der Waals surface area (Å²) in [5.74, 6) is -0.573. The van der Waals surface area contributed by atoms with Crippen molar-refractivity contribution in [2.75, 3.05) is 0 Å². The first-order valence-corrected chi connectivity index (χ1v) is 3.13. The Kier molecular flexibility index (Phi) is 0.719. The van der Waals surface area contributed by atoms with Gasteiger partial charge in [-0.05, 0) is 6.07 Å². The van der Waals surface area contributed by atoms with E-state index in [0.29, 0.717) is 5.39 Å². The minimum absolute atomic E-state index is 0.0208. The number of nitrogens with zero attached hydrogens (tertiary/aromatic N) is 2. The predicted octanol–water partition coefficient (Wildman–Crippen LogP) is 1.71. The SMILES string of the molecule is [2H]C([2H])([2H])n1ncc2cccc(F)c21. The summed E-state index contributed by atoms with van der Waals surface area (Å²) < 4.78 is 35.4. The molecule has 1 aromatic carbocycles. The summed E-state index contributed by atoms with van der Waals surface area (Å²) in [6.45, 7) is -2.44. The molecule has 0 bridgehead atoms. The molecule has 56 valence electrons. The third-order valence-electron chi connectivity index (χ3n) is 1.54. The minimum atomic E-state index is -2.44. The lowest BCUT2D eigenvalue weighted by atomic mass is 10.2.